The molecule has 3 nitrogen and oxygen atoms in total. The van der Waals surface area contributed by atoms with Crippen molar-refractivity contribution in [3.63, 3.8) is 0 Å². The van der Waals surface area contributed by atoms with Crippen molar-refractivity contribution in [1.29, 1.82) is 0 Å². The maximum atomic E-state index is 6.03. The Kier molecular flexibility index (Phi) is 4.50. The summed E-state index contributed by atoms with van der Waals surface area (Å²) in [4.78, 5) is 7.17. The van der Waals surface area contributed by atoms with Gasteiger partial charge in [-0.05, 0) is 55.7 Å². The minimum absolute atomic E-state index is 0.497. The highest BCUT2D eigenvalue weighted by atomic mass is 35.5. The molecule has 0 spiro atoms. The van der Waals surface area contributed by atoms with Gasteiger partial charge in [0.1, 0.15) is 12.4 Å². The third-order valence-corrected chi connectivity index (χ3v) is 4.86. The van der Waals surface area contributed by atoms with Crippen molar-refractivity contribution in [3.8, 4) is 5.75 Å². The fourth-order valence-electron chi connectivity index (χ4n) is 3.42. The van der Waals surface area contributed by atoms with E-state index in [-0.39, 0.29) is 0 Å². The molecule has 2 aromatic carbocycles. The summed E-state index contributed by atoms with van der Waals surface area (Å²) in [5.74, 6) is 0.831. The molecular weight excluding hydrogens is 332 g/mol. The maximum absolute atomic E-state index is 6.03. The van der Waals surface area contributed by atoms with Gasteiger partial charge in [0.25, 0.3) is 0 Å². The summed E-state index contributed by atoms with van der Waals surface area (Å²) in [5.41, 5.74) is 4.39. The highest BCUT2D eigenvalue weighted by Crippen LogP contribution is 2.31. The Balaban J connectivity index is 1.61. The topological polar surface area (TPSA) is 25.4 Å². The van der Waals surface area contributed by atoms with Gasteiger partial charge in [-0.3, -0.25) is 4.98 Å². The fraction of sp³-hybridized carbons (Fsp3) is 0.286. The van der Waals surface area contributed by atoms with Crippen molar-refractivity contribution < 1.29 is 4.74 Å². The number of ether oxygens (including phenoxy) is 1. The first-order chi connectivity index (χ1) is 12.2. The van der Waals surface area contributed by atoms with E-state index in [2.05, 4.69) is 24.0 Å². The number of fused-ring (bicyclic) bond motifs is 1. The van der Waals surface area contributed by atoms with Crippen LogP contribution in [0, 0.1) is 6.92 Å². The van der Waals surface area contributed by atoms with Crippen LogP contribution in [0.25, 0.3) is 10.9 Å². The largest absolute Gasteiger partial charge is 0.489 e. The molecule has 1 aromatic heterocycles. The van der Waals surface area contributed by atoms with E-state index >= 15 is 0 Å². The second-order valence-electron chi connectivity index (χ2n) is 6.57. The molecule has 0 atom stereocenters. The molecule has 1 fully saturated rings. The van der Waals surface area contributed by atoms with E-state index in [0.717, 1.165) is 40.6 Å². The van der Waals surface area contributed by atoms with E-state index in [1.165, 1.54) is 23.9 Å². The van der Waals surface area contributed by atoms with Gasteiger partial charge >= 0.3 is 0 Å². The van der Waals surface area contributed by atoms with Crippen LogP contribution in [0.15, 0.2) is 48.5 Å². The molecule has 4 heteroatoms. The van der Waals surface area contributed by atoms with Crippen molar-refractivity contribution in [2.24, 2.45) is 0 Å². The quantitative estimate of drug-likeness (QED) is 0.630. The van der Waals surface area contributed by atoms with E-state index in [1.54, 1.807) is 0 Å². The molecule has 1 aliphatic rings. The fourth-order valence-corrected chi connectivity index (χ4v) is 3.63. The van der Waals surface area contributed by atoms with Crippen LogP contribution in [-0.2, 0) is 6.61 Å². The number of aryl methyl sites for hydroxylation is 1. The summed E-state index contributed by atoms with van der Waals surface area (Å²) in [6.07, 6.45) is 2.54. The lowest BCUT2D eigenvalue weighted by atomic mass is 10.1. The van der Waals surface area contributed by atoms with Crippen LogP contribution < -0.4 is 9.64 Å². The van der Waals surface area contributed by atoms with E-state index in [9.17, 15) is 0 Å². The first kappa shape index (κ1) is 16.2. The second-order valence-corrected chi connectivity index (χ2v) is 7.01. The van der Waals surface area contributed by atoms with Crippen LogP contribution in [0.4, 0.5) is 5.69 Å². The van der Waals surface area contributed by atoms with Crippen molar-refractivity contribution in [3.05, 3.63) is 64.8 Å². The Morgan fingerprint density at radius 3 is 2.72 bits per heavy atom. The molecule has 0 radical (unpaired) electrons. The molecule has 3 aromatic rings. The summed E-state index contributed by atoms with van der Waals surface area (Å²) in [5, 5.41) is 1.93. The Morgan fingerprint density at radius 1 is 1.08 bits per heavy atom. The van der Waals surface area contributed by atoms with Gasteiger partial charge in [0.05, 0.1) is 5.52 Å². The van der Waals surface area contributed by atoms with Gasteiger partial charge in [-0.2, -0.15) is 0 Å². The Hall–Kier alpha value is -2.26. The first-order valence-corrected chi connectivity index (χ1v) is 9.10. The summed E-state index contributed by atoms with van der Waals surface area (Å²) in [7, 11) is 0. The van der Waals surface area contributed by atoms with E-state index in [0.29, 0.717) is 6.61 Å². The third-order valence-electron chi connectivity index (χ3n) is 4.63. The number of aromatic nitrogens is 1. The van der Waals surface area contributed by atoms with Crippen molar-refractivity contribution in [2.75, 3.05) is 18.0 Å². The zero-order chi connectivity index (χ0) is 17.2. The van der Waals surface area contributed by atoms with E-state index in [4.69, 9.17) is 21.3 Å². The second kappa shape index (κ2) is 6.93. The number of pyridine rings is 1. The summed E-state index contributed by atoms with van der Waals surface area (Å²) in [6.45, 7) is 4.81. The Labute approximate surface area is 153 Å². The normalized spacial score (nSPS) is 14.2. The predicted octanol–water partition coefficient (Wildman–Crippen LogP) is 5.38. The Bertz CT molecular complexity index is 904. The highest BCUT2D eigenvalue weighted by molar-refractivity contribution is 6.30. The monoisotopic (exact) mass is 352 g/mol. The van der Waals surface area contributed by atoms with Crippen molar-refractivity contribution >= 4 is 28.2 Å². The zero-order valence-corrected chi connectivity index (χ0v) is 15.1. The lowest BCUT2D eigenvalue weighted by molar-refractivity contribution is 0.306. The van der Waals surface area contributed by atoms with Gasteiger partial charge in [-0.25, -0.2) is 0 Å². The molecule has 0 amide bonds. The standard InChI is InChI=1S/C21H21ClN2O/c1-15-11-21(24-9-2-3-10-24)19-8-7-18(13-20(19)23-15)25-14-16-5-4-6-17(22)12-16/h4-8,11-13H,2-3,9-10,14H2,1H3. The average Bonchev–Trinajstić information content (AvgIpc) is 3.13. The number of benzene rings is 2. The summed E-state index contributed by atoms with van der Waals surface area (Å²) in [6, 6.07) is 16.1. The molecule has 128 valence electrons. The zero-order valence-electron chi connectivity index (χ0n) is 14.3. The molecule has 0 aliphatic carbocycles. The molecule has 0 saturated carbocycles. The molecule has 4 rings (SSSR count). The van der Waals surface area contributed by atoms with Crippen LogP contribution in [0.3, 0.4) is 0 Å². The number of anilines is 1. The molecule has 2 heterocycles. The van der Waals surface area contributed by atoms with Crippen LogP contribution in [0.2, 0.25) is 5.02 Å². The lowest BCUT2D eigenvalue weighted by Gasteiger charge is -2.20. The van der Waals surface area contributed by atoms with Gasteiger partial charge in [0, 0.05) is 40.9 Å². The lowest BCUT2D eigenvalue weighted by Crippen LogP contribution is -2.18. The molecule has 0 bridgehead atoms. The molecule has 0 N–H and O–H groups in total. The number of halogens is 1. The number of hydrogen-bond acceptors (Lipinski definition) is 3. The highest BCUT2D eigenvalue weighted by Gasteiger charge is 2.16. The molecular formula is C21H21ClN2O. The Morgan fingerprint density at radius 2 is 1.92 bits per heavy atom. The SMILES string of the molecule is Cc1cc(N2CCCC2)c2ccc(OCc3cccc(Cl)c3)cc2n1. The maximum Gasteiger partial charge on any atom is 0.122 e. The van der Waals surface area contributed by atoms with Crippen molar-refractivity contribution in [2.45, 2.75) is 26.4 Å². The molecule has 1 aliphatic heterocycles. The van der Waals surface area contributed by atoms with Crippen LogP contribution in [0.1, 0.15) is 24.1 Å². The van der Waals surface area contributed by atoms with Crippen LogP contribution in [0.5, 0.6) is 5.75 Å². The predicted molar refractivity (Wildman–Crippen MR) is 104 cm³/mol. The van der Waals surface area contributed by atoms with E-state index in [1.807, 2.05) is 36.4 Å². The molecule has 0 unspecified atom stereocenters. The number of nitrogens with zero attached hydrogens (tertiary/aromatic N) is 2. The van der Waals surface area contributed by atoms with Gasteiger partial charge in [-0.15, -0.1) is 0 Å². The van der Waals surface area contributed by atoms with Crippen LogP contribution in [-0.4, -0.2) is 18.1 Å². The van der Waals surface area contributed by atoms with Crippen LogP contribution >= 0.6 is 11.6 Å². The molecule has 1 saturated heterocycles. The van der Waals surface area contributed by atoms with Crippen molar-refractivity contribution in [1.82, 2.24) is 4.98 Å². The summed E-state index contributed by atoms with van der Waals surface area (Å²) >= 11 is 6.03. The smallest absolute Gasteiger partial charge is 0.122 e. The van der Waals surface area contributed by atoms with Gasteiger partial charge in [0.15, 0.2) is 0 Å². The molecule has 25 heavy (non-hydrogen) atoms. The number of rotatable bonds is 4. The van der Waals surface area contributed by atoms with Gasteiger partial charge in [-0.1, -0.05) is 23.7 Å². The minimum Gasteiger partial charge on any atom is -0.489 e. The average molecular weight is 353 g/mol. The van der Waals surface area contributed by atoms with E-state index < -0.39 is 0 Å². The van der Waals surface area contributed by atoms with Gasteiger partial charge in [0.2, 0.25) is 0 Å². The summed E-state index contributed by atoms with van der Waals surface area (Å²) < 4.78 is 5.95. The number of hydrogen-bond donors (Lipinski definition) is 0. The first-order valence-electron chi connectivity index (χ1n) is 8.73. The third kappa shape index (κ3) is 3.57. The van der Waals surface area contributed by atoms with Gasteiger partial charge < -0.3 is 9.64 Å². The minimum atomic E-state index is 0.497.